The number of rotatable bonds is 3. The van der Waals surface area contributed by atoms with Gasteiger partial charge in [-0.15, -0.1) is 5.10 Å². The van der Waals surface area contributed by atoms with Crippen molar-refractivity contribution in [3.63, 3.8) is 0 Å². The van der Waals surface area contributed by atoms with Crippen molar-refractivity contribution in [2.45, 2.75) is 6.42 Å². The zero-order valence-electron chi connectivity index (χ0n) is 9.41. The van der Waals surface area contributed by atoms with E-state index in [0.29, 0.717) is 28.6 Å². The minimum atomic E-state index is -1.09. The van der Waals surface area contributed by atoms with E-state index in [2.05, 4.69) is 25.6 Å². The first-order chi connectivity index (χ1) is 9.15. The zero-order valence-corrected chi connectivity index (χ0v) is 10.2. The molecular weight excluding hydrogens is 272 g/mol. The van der Waals surface area contributed by atoms with Crippen LogP contribution in [0.3, 0.4) is 0 Å². The van der Waals surface area contributed by atoms with Gasteiger partial charge in [0, 0.05) is 6.20 Å². The van der Waals surface area contributed by atoms with Crippen LogP contribution in [-0.2, 0) is 6.42 Å². The van der Waals surface area contributed by atoms with Crippen LogP contribution in [0.15, 0.2) is 18.3 Å². The van der Waals surface area contributed by atoms with E-state index in [1.54, 1.807) is 16.5 Å². The van der Waals surface area contributed by atoms with Gasteiger partial charge in [0.05, 0.1) is 17.1 Å². The monoisotopic (exact) mass is 278 g/mol. The quantitative estimate of drug-likeness (QED) is 0.733. The summed E-state index contributed by atoms with van der Waals surface area (Å²) in [6.07, 6.45) is 1.77. The number of nitrogens with one attached hydrogen (secondary N) is 1. The average Bonchev–Trinajstić information content (AvgIpc) is 3.01. The minimum absolute atomic E-state index is 0.0424. The van der Waals surface area contributed by atoms with Crippen LogP contribution in [0.25, 0.3) is 5.65 Å². The van der Waals surface area contributed by atoms with Gasteiger partial charge in [0.25, 0.3) is 0 Å². The number of carbonyl (C=O) groups is 1. The highest BCUT2D eigenvalue weighted by Crippen LogP contribution is 2.20. The summed E-state index contributed by atoms with van der Waals surface area (Å²) >= 11 is 6.13. The highest BCUT2D eigenvalue weighted by atomic mass is 35.5. The minimum Gasteiger partial charge on any atom is -0.476 e. The summed E-state index contributed by atoms with van der Waals surface area (Å²) in [6, 6.07) is 3.31. The Kier molecular flexibility index (Phi) is 2.64. The highest BCUT2D eigenvalue weighted by Gasteiger charge is 2.14. The summed E-state index contributed by atoms with van der Waals surface area (Å²) in [5, 5.41) is 22.8. The van der Waals surface area contributed by atoms with Crippen molar-refractivity contribution in [3.05, 3.63) is 40.6 Å². The number of aromatic carboxylic acids is 1. The number of nitrogens with zero attached hydrogens (tertiary/aromatic N) is 5. The SMILES string of the molecule is O=C(O)c1cn2c(Cc3nnn[nH]3)c(Cl)ccc2n1. The lowest BCUT2D eigenvalue weighted by Gasteiger charge is -2.05. The maximum absolute atomic E-state index is 10.9. The van der Waals surface area contributed by atoms with Gasteiger partial charge in [-0.3, -0.25) is 0 Å². The third kappa shape index (κ3) is 2.02. The zero-order chi connectivity index (χ0) is 13.4. The lowest BCUT2D eigenvalue weighted by molar-refractivity contribution is 0.0691. The van der Waals surface area contributed by atoms with Crippen molar-refractivity contribution in [1.29, 1.82) is 0 Å². The van der Waals surface area contributed by atoms with Gasteiger partial charge in [-0.2, -0.15) is 0 Å². The number of H-pyrrole nitrogens is 1. The number of imidazole rings is 1. The van der Waals surface area contributed by atoms with Gasteiger partial charge in [0.15, 0.2) is 11.5 Å². The molecule has 3 aromatic rings. The van der Waals surface area contributed by atoms with Crippen LogP contribution in [-0.4, -0.2) is 41.1 Å². The van der Waals surface area contributed by atoms with Gasteiger partial charge >= 0.3 is 5.97 Å². The molecule has 0 saturated carbocycles. The number of hydrogen-bond acceptors (Lipinski definition) is 5. The molecule has 0 saturated heterocycles. The van der Waals surface area contributed by atoms with Crippen molar-refractivity contribution in [2.24, 2.45) is 0 Å². The average molecular weight is 279 g/mol. The summed E-state index contributed by atoms with van der Waals surface area (Å²) in [4.78, 5) is 14.9. The van der Waals surface area contributed by atoms with E-state index in [9.17, 15) is 4.79 Å². The Hall–Kier alpha value is -2.48. The maximum Gasteiger partial charge on any atom is 0.356 e. The highest BCUT2D eigenvalue weighted by molar-refractivity contribution is 6.31. The number of carboxylic acid groups (broad SMARTS) is 1. The van der Waals surface area contributed by atoms with E-state index in [1.807, 2.05) is 0 Å². The van der Waals surface area contributed by atoms with Gasteiger partial charge in [-0.25, -0.2) is 14.9 Å². The molecule has 3 heterocycles. The second-order valence-electron chi connectivity index (χ2n) is 3.81. The number of halogens is 1. The van der Waals surface area contributed by atoms with E-state index in [1.165, 1.54) is 6.20 Å². The normalized spacial score (nSPS) is 11.0. The Morgan fingerprint density at radius 2 is 2.32 bits per heavy atom. The number of carboxylic acids is 1. The summed E-state index contributed by atoms with van der Waals surface area (Å²) in [5.41, 5.74) is 1.13. The van der Waals surface area contributed by atoms with Crippen LogP contribution in [0.1, 0.15) is 22.0 Å². The molecule has 96 valence electrons. The van der Waals surface area contributed by atoms with Gasteiger partial charge in [0.2, 0.25) is 0 Å². The molecule has 0 aliphatic rings. The van der Waals surface area contributed by atoms with Crippen molar-refractivity contribution < 1.29 is 9.90 Å². The molecule has 8 nitrogen and oxygen atoms in total. The van der Waals surface area contributed by atoms with Gasteiger partial charge in [-0.05, 0) is 22.6 Å². The lowest BCUT2D eigenvalue weighted by Crippen LogP contribution is -2.00. The summed E-state index contributed by atoms with van der Waals surface area (Å²) < 4.78 is 1.62. The molecule has 0 unspecified atom stereocenters. The predicted molar refractivity (Wildman–Crippen MR) is 64.1 cm³/mol. The first-order valence-corrected chi connectivity index (χ1v) is 5.65. The number of hydrogen-bond donors (Lipinski definition) is 2. The first kappa shape index (κ1) is 11.6. The fourth-order valence-electron chi connectivity index (χ4n) is 1.77. The number of pyridine rings is 1. The Morgan fingerprint density at radius 1 is 1.47 bits per heavy atom. The molecule has 0 atom stereocenters. The molecule has 2 N–H and O–H groups in total. The molecule has 0 aliphatic heterocycles. The molecule has 0 fully saturated rings. The van der Waals surface area contributed by atoms with Crippen molar-refractivity contribution >= 4 is 23.2 Å². The van der Waals surface area contributed by atoms with Gasteiger partial charge in [-0.1, -0.05) is 11.6 Å². The van der Waals surface area contributed by atoms with Crippen LogP contribution in [0.2, 0.25) is 5.02 Å². The Labute approximate surface area is 111 Å². The molecule has 0 aliphatic carbocycles. The van der Waals surface area contributed by atoms with Crippen LogP contribution in [0, 0.1) is 0 Å². The molecule has 3 rings (SSSR count). The second kappa shape index (κ2) is 4.32. The fraction of sp³-hybridized carbons (Fsp3) is 0.100. The standard InChI is InChI=1S/C10H7ClN6O2/c11-5-1-2-9-12-6(10(18)19)4-17(9)7(5)3-8-13-15-16-14-8/h1-2,4H,3H2,(H,18,19)(H,13,14,15,16). The van der Waals surface area contributed by atoms with Gasteiger partial charge < -0.3 is 9.51 Å². The number of aromatic nitrogens is 6. The summed E-state index contributed by atoms with van der Waals surface area (Å²) in [5.74, 6) is -0.563. The topological polar surface area (TPSA) is 109 Å². The molecule has 9 heteroatoms. The van der Waals surface area contributed by atoms with Crippen molar-refractivity contribution in [2.75, 3.05) is 0 Å². The molecule has 0 aromatic carbocycles. The Morgan fingerprint density at radius 3 is 3.00 bits per heavy atom. The lowest BCUT2D eigenvalue weighted by atomic mass is 10.2. The van der Waals surface area contributed by atoms with Crippen LogP contribution in [0.4, 0.5) is 0 Å². The molecule has 0 radical (unpaired) electrons. The molecule has 19 heavy (non-hydrogen) atoms. The number of fused-ring (bicyclic) bond motifs is 1. The van der Waals surface area contributed by atoms with Crippen LogP contribution < -0.4 is 0 Å². The Bertz CT molecular complexity index is 751. The largest absolute Gasteiger partial charge is 0.476 e. The molecular formula is C10H7ClN6O2. The van der Waals surface area contributed by atoms with Crippen molar-refractivity contribution in [3.8, 4) is 0 Å². The van der Waals surface area contributed by atoms with E-state index < -0.39 is 5.97 Å². The molecule has 0 bridgehead atoms. The van der Waals surface area contributed by atoms with E-state index in [-0.39, 0.29) is 5.69 Å². The van der Waals surface area contributed by atoms with Gasteiger partial charge in [0.1, 0.15) is 5.65 Å². The third-order valence-electron chi connectivity index (χ3n) is 2.62. The summed E-state index contributed by atoms with van der Waals surface area (Å²) in [6.45, 7) is 0. The maximum atomic E-state index is 10.9. The smallest absolute Gasteiger partial charge is 0.356 e. The fourth-order valence-corrected chi connectivity index (χ4v) is 1.99. The number of aromatic amines is 1. The second-order valence-corrected chi connectivity index (χ2v) is 4.22. The summed E-state index contributed by atoms with van der Waals surface area (Å²) in [7, 11) is 0. The number of tetrazole rings is 1. The van der Waals surface area contributed by atoms with Crippen molar-refractivity contribution in [1.82, 2.24) is 30.0 Å². The Balaban J connectivity index is 2.15. The van der Waals surface area contributed by atoms with E-state index >= 15 is 0 Å². The van der Waals surface area contributed by atoms with E-state index in [0.717, 1.165) is 0 Å². The molecule has 3 aromatic heterocycles. The molecule has 0 spiro atoms. The first-order valence-electron chi connectivity index (χ1n) is 5.27. The predicted octanol–water partition coefficient (Wildman–Crippen LogP) is 0.790. The van der Waals surface area contributed by atoms with Crippen LogP contribution >= 0.6 is 11.6 Å². The van der Waals surface area contributed by atoms with Crippen LogP contribution in [0.5, 0.6) is 0 Å². The van der Waals surface area contributed by atoms with E-state index in [4.69, 9.17) is 16.7 Å². The molecule has 0 amide bonds. The third-order valence-corrected chi connectivity index (χ3v) is 2.97.